The van der Waals surface area contributed by atoms with Gasteiger partial charge in [-0.05, 0) is 146 Å². The molecule has 1 radical (unpaired) electrons. The Balaban J connectivity index is 0.000000161. The molecular formula is C84H91P4PdSn+4. The Labute approximate surface area is 567 Å². The molecule has 0 N–H and O–H groups in total. The quantitative estimate of drug-likeness (QED) is 0.0497. The maximum atomic E-state index is 2.33. The summed E-state index contributed by atoms with van der Waals surface area (Å²) < 4.78 is 5.04. The molecule has 0 atom stereocenters. The first-order chi connectivity index (χ1) is 44.1. The monoisotopic (exact) mass is 1450 g/mol. The molecule has 0 unspecified atom stereocenters. The van der Waals surface area contributed by atoms with Crippen molar-refractivity contribution in [2.45, 2.75) is 72.6 Å². The van der Waals surface area contributed by atoms with Crippen molar-refractivity contribution in [2.24, 2.45) is 0 Å². The molecule has 0 spiro atoms. The van der Waals surface area contributed by atoms with E-state index in [4.69, 9.17) is 0 Å². The molecule has 0 saturated heterocycles. The molecule has 0 saturated carbocycles. The summed E-state index contributed by atoms with van der Waals surface area (Å²) in [6, 6.07) is 130. The van der Waals surface area contributed by atoms with Crippen LogP contribution in [0.2, 0.25) is 13.3 Å². The van der Waals surface area contributed by atoms with E-state index in [-0.39, 0.29) is 20.4 Å². The van der Waals surface area contributed by atoms with Crippen LogP contribution < -0.4 is 63.7 Å². The third-order valence-electron chi connectivity index (χ3n) is 15.4. The smallest absolute Gasteiger partial charge is 0.0620 e. The van der Waals surface area contributed by atoms with Crippen LogP contribution in [0.25, 0.3) is 0 Å². The van der Waals surface area contributed by atoms with E-state index in [1.165, 1.54) is 102 Å². The summed E-state index contributed by atoms with van der Waals surface area (Å²) in [6.07, 6.45) is 8.85. The molecule has 12 aromatic rings. The number of unbranched alkanes of at least 4 members (excludes halogenated alkanes) is 3. The summed E-state index contributed by atoms with van der Waals surface area (Å²) in [5.41, 5.74) is 0. The first-order valence-corrected chi connectivity index (χ1v) is 44.2. The van der Waals surface area contributed by atoms with Gasteiger partial charge in [0.25, 0.3) is 0 Å². The van der Waals surface area contributed by atoms with Crippen LogP contribution in [0.1, 0.15) is 59.3 Å². The van der Waals surface area contributed by atoms with Crippen LogP contribution in [0.5, 0.6) is 0 Å². The SMILES string of the molecule is CCC[CH2][Sn]([CH2]CCC)[CH2]CCC.[Pd].c1ccc([PH+](c2ccccc2)c2ccccc2)cc1.c1ccc([PH+](c2ccccc2)c2ccccc2)cc1.c1ccc([PH+](c2ccccc2)c2ccccc2)cc1.c1ccc([PH+](c2ccccc2)c2ccccc2)cc1. The molecule has 0 fully saturated rings. The van der Waals surface area contributed by atoms with Crippen molar-refractivity contribution < 1.29 is 20.4 Å². The molecule has 0 amide bonds. The van der Waals surface area contributed by atoms with E-state index >= 15 is 0 Å². The molecule has 457 valence electrons. The molecular weight excluding hydrogens is 1360 g/mol. The van der Waals surface area contributed by atoms with Gasteiger partial charge < -0.3 is 0 Å². The van der Waals surface area contributed by atoms with Crippen LogP contribution in [-0.4, -0.2) is 19.8 Å². The van der Waals surface area contributed by atoms with Gasteiger partial charge in [-0.1, -0.05) is 218 Å². The summed E-state index contributed by atoms with van der Waals surface area (Å²) in [7, 11) is -3.51. The fraction of sp³-hybridized carbons (Fsp3) is 0.143. The van der Waals surface area contributed by atoms with Crippen molar-refractivity contribution in [3.8, 4) is 0 Å². The Hall–Kier alpha value is -6.18. The average Bonchev–Trinajstić information content (AvgIpc) is 1.84. The van der Waals surface area contributed by atoms with Gasteiger partial charge >= 0.3 is 92.4 Å². The minimum Gasteiger partial charge on any atom is -0.0620 e. The predicted molar refractivity (Wildman–Crippen MR) is 411 cm³/mol. The first kappa shape index (κ1) is 71.3. The van der Waals surface area contributed by atoms with Gasteiger partial charge in [-0.15, -0.1) is 0 Å². The van der Waals surface area contributed by atoms with E-state index in [2.05, 4.69) is 385 Å². The molecule has 0 heterocycles. The zero-order chi connectivity index (χ0) is 61.6. The molecule has 90 heavy (non-hydrogen) atoms. The topological polar surface area (TPSA) is 0 Å². The van der Waals surface area contributed by atoms with Gasteiger partial charge in [0.15, 0.2) is 0 Å². The van der Waals surface area contributed by atoms with Gasteiger partial charge in [0.05, 0.1) is 31.7 Å². The van der Waals surface area contributed by atoms with E-state index < -0.39 is 51.4 Å². The molecule has 0 aromatic heterocycles. The summed E-state index contributed by atoms with van der Waals surface area (Å²) in [5.74, 6) is 0. The van der Waals surface area contributed by atoms with Crippen molar-refractivity contribution in [1.29, 1.82) is 0 Å². The van der Waals surface area contributed by atoms with Gasteiger partial charge in [-0.25, -0.2) is 0 Å². The van der Waals surface area contributed by atoms with E-state index in [1.54, 1.807) is 13.3 Å². The maximum Gasteiger partial charge on any atom is 0.102 e. The number of hydrogen-bond acceptors (Lipinski definition) is 0. The van der Waals surface area contributed by atoms with Gasteiger partial charge in [0, 0.05) is 20.4 Å². The van der Waals surface area contributed by atoms with Crippen LogP contribution in [0.3, 0.4) is 0 Å². The zero-order valence-corrected chi connectivity index (χ0v) is 61.2. The summed E-state index contributed by atoms with van der Waals surface area (Å²) >= 11 is -0.839. The Morgan fingerprint density at radius 1 is 0.178 bits per heavy atom. The second-order valence-corrected chi connectivity index (χ2v) is 40.4. The molecule has 0 aliphatic rings. The number of hydrogen-bond donors (Lipinski definition) is 0. The normalized spacial score (nSPS) is 10.5. The average molecular weight is 1450 g/mol. The van der Waals surface area contributed by atoms with Crippen LogP contribution >= 0.6 is 31.7 Å². The number of benzene rings is 12. The Kier molecular flexibility index (Phi) is 33.9. The molecule has 0 bridgehead atoms. The second kappa shape index (κ2) is 42.8. The maximum absolute atomic E-state index is 2.33. The fourth-order valence-corrected chi connectivity index (χ4v) is 30.7. The minimum atomic E-state index is -0.877. The third-order valence-corrected chi connectivity index (χ3v) is 35.4. The fourth-order valence-electron chi connectivity index (χ4n) is 10.9. The Morgan fingerprint density at radius 3 is 0.367 bits per heavy atom. The van der Waals surface area contributed by atoms with Crippen molar-refractivity contribution >= 4 is 115 Å². The van der Waals surface area contributed by atoms with E-state index in [0.29, 0.717) is 0 Å². The van der Waals surface area contributed by atoms with Gasteiger partial charge in [0.2, 0.25) is 0 Å². The zero-order valence-electron chi connectivity index (χ0n) is 52.8. The van der Waals surface area contributed by atoms with E-state index in [9.17, 15) is 0 Å². The molecule has 12 aromatic carbocycles. The van der Waals surface area contributed by atoms with Gasteiger partial charge in [0.1, 0.15) is 63.7 Å². The summed E-state index contributed by atoms with van der Waals surface area (Å²) in [6.45, 7) is 7.00. The predicted octanol–water partition coefficient (Wildman–Crippen LogP) is 17.6. The Morgan fingerprint density at radius 2 is 0.278 bits per heavy atom. The second-order valence-electron chi connectivity index (χ2n) is 22.0. The van der Waals surface area contributed by atoms with Crippen molar-refractivity contribution in [1.82, 2.24) is 0 Å². The van der Waals surface area contributed by atoms with Crippen molar-refractivity contribution in [3.63, 3.8) is 0 Å². The molecule has 12 rings (SSSR count). The van der Waals surface area contributed by atoms with E-state index in [1.807, 2.05) is 0 Å². The van der Waals surface area contributed by atoms with Gasteiger partial charge in [-0.2, -0.15) is 0 Å². The van der Waals surface area contributed by atoms with Crippen LogP contribution in [-0.2, 0) is 20.4 Å². The standard InChI is InChI=1S/4C18H15P.3C4H9.Pd.Sn/c4*1-4-10-16(11-5-1)19(17-12-6-2-7-13-17)18-14-8-3-9-15-18;3*1-3-4-2;;/h4*1-15H;3*1,3-4H2,2H3;;/p+4. The minimum absolute atomic E-state index is 0. The molecule has 0 aliphatic carbocycles. The van der Waals surface area contributed by atoms with E-state index in [0.717, 1.165) is 0 Å². The summed E-state index contributed by atoms with van der Waals surface area (Å²) in [4.78, 5) is 0. The number of rotatable bonds is 21. The third kappa shape index (κ3) is 23.8. The van der Waals surface area contributed by atoms with Crippen LogP contribution in [0.4, 0.5) is 0 Å². The largest absolute Gasteiger partial charge is 0.102 e. The van der Waals surface area contributed by atoms with Crippen molar-refractivity contribution in [3.05, 3.63) is 364 Å². The van der Waals surface area contributed by atoms with Crippen LogP contribution in [0.15, 0.2) is 364 Å². The molecule has 0 aliphatic heterocycles. The molecule has 6 heteroatoms. The summed E-state index contributed by atoms with van der Waals surface area (Å²) in [5, 5.41) is 17.2. The molecule has 0 nitrogen and oxygen atoms in total. The van der Waals surface area contributed by atoms with Gasteiger partial charge in [-0.3, -0.25) is 0 Å². The first-order valence-electron chi connectivity index (χ1n) is 32.1. The van der Waals surface area contributed by atoms with Crippen LogP contribution in [0, 0.1) is 0 Å². The Bertz CT molecular complexity index is 2790. The van der Waals surface area contributed by atoms with Crippen molar-refractivity contribution in [2.75, 3.05) is 0 Å².